The summed E-state index contributed by atoms with van der Waals surface area (Å²) in [4.78, 5) is 8.73. The molecule has 0 saturated heterocycles. The molecular formula is C18H17Cl2N3O2S. The molecule has 8 heteroatoms. The monoisotopic (exact) mass is 409 g/mol. The number of aromatic nitrogens is 2. The van der Waals surface area contributed by atoms with Gasteiger partial charge in [-0.15, -0.1) is 0 Å². The first-order chi connectivity index (χ1) is 12.1. The Morgan fingerprint density at radius 3 is 2.04 bits per heavy atom. The molecule has 3 aromatic rings. The van der Waals surface area contributed by atoms with Crippen LogP contribution in [0.2, 0.25) is 10.0 Å². The molecule has 0 radical (unpaired) electrons. The zero-order chi connectivity index (χ0) is 19.1. The van der Waals surface area contributed by atoms with E-state index in [2.05, 4.69) is 15.3 Å². The van der Waals surface area contributed by atoms with E-state index in [0.717, 1.165) is 11.8 Å². The molecule has 26 heavy (non-hydrogen) atoms. The topological polar surface area (TPSA) is 72.0 Å². The molecule has 1 aromatic heterocycles. The highest BCUT2D eigenvalue weighted by Crippen LogP contribution is 2.31. The summed E-state index contributed by atoms with van der Waals surface area (Å²) in [5, 5.41) is 3.69. The smallest absolute Gasteiger partial charge is 0.198 e. The van der Waals surface area contributed by atoms with E-state index in [4.69, 9.17) is 23.2 Å². The Balaban J connectivity index is 2.19. The van der Waals surface area contributed by atoms with Crippen molar-refractivity contribution in [1.29, 1.82) is 0 Å². The number of benzene rings is 2. The molecule has 0 saturated carbocycles. The molecule has 5 nitrogen and oxygen atoms in total. The highest BCUT2D eigenvalue weighted by Gasteiger charge is 2.26. The molecule has 0 aliphatic carbocycles. The van der Waals surface area contributed by atoms with Crippen LogP contribution in [0.4, 0.5) is 5.82 Å². The minimum Gasteiger partial charge on any atom is -0.359 e. The van der Waals surface area contributed by atoms with Crippen molar-refractivity contribution in [2.24, 2.45) is 0 Å². The lowest BCUT2D eigenvalue weighted by atomic mass is 9.94. The van der Waals surface area contributed by atoms with E-state index in [1.54, 1.807) is 6.07 Å². The molecule has 0 aliphatic heterocycles. The largest absolute Gasteiger partial charge is 0.359 e. The van der Waals surface area contributed by atoms with Crippen molar-refractivity contribution in [3.05, 3.63) is 58.1 Å². The number of nitrogens with one attached hydrogen (secondary N) is 1. The summed E-state index contributed by atoms with van der Waals surface area (Å²) in [6, 6.07) is 12.7. The molecule has 0 atom stereocenters. The Morgan fingerprint density at radius 2 is 1.50 bits per heavy atom. The van der Waals surface area contributed by atoms with Crippen LogP contribution in [0, 0.1) is 0 Å². The van der Waals surface area contributed by atoms with E-state index in [-0.39, 0.29) is 10.8 Å². The van der Waals surface area contributed by atoms with Gasteiger partial charge >= 0.3 is 0 Å². The molecule has 0 unspecified atom stereocenters. The minimum absolute atomic E-state index is 0.132. The maximum atomic E-state index is 12.3. The van der Waals surface area contributed by atoms with Gasteiger partial charge in [0.05, 0.1) is 26.6 Å². The van der Waals surface area contributed by atoms with Crippen LogP contribution in [0.15, 0.2) is 47.5 Å². The van der Waals surface area contributed by atoms with Gasteiger partial charge in [0.25, 0.3) is 0 Å². The van der Waals surface area contributed by atoms with Gasteiger partial charge in [-0.25, -0.2) is 18.4 Å². The number of anilines is 1. The lowest BCUT2D eigenvalue weighted by Crippen LogP contribution is -2.29. The molecule has 136 valence electrons. The van der Waals surface area contributed by atoms with E-state index in [0.29, 0.717) is 21.1 Å². The normalized spacial score (nSPS) is 12.3. The third kappa shape index (κ3) is 3.77. The molecule has 1 heterocycles. The van der Waals surface area contributed by atoms with Crippen molar-refractivity contribution in [3.8, 4) is 0 Å². The van der Waals surface area contributed by atoms with Crippen molar-refractivity contribution in [3.63, 3.8) is 0 Å². The van der Waals surface area contributed by atoms with Crippen molar-refractivity contribution < 1.29 is 8.42 Å². The number of nitrogens with zero attached hydrogens (tertiary/aromatic N) is 2. The fourth-order valence-electron chi connectivity index (χ4n) is 2.60. The second-order valence-electron chi connectivity index (χ2n) is 6.52. The number of hydrogen-bond donors (Lipinski definition) is 1. The van der Waals surface area contributed by atoms with Crippen LogP contribution in [-0.4, -0.2) is 24.6 Å². The highest BCUT2D eigenvalue weighted by molar-refractivity contribution is 7.90. The SMILES string of the molecule is CC(C)(Nc1nc2cc(Cl)c(Cl)cc2nc1S(C)(=O)=O)c1ccccc1. The number of rotatable bonds is 4. The van der Waals surface area contributed by atoms with Crippen LogP contribution in [0.5, 0.6) is 0 Å². The van der Waals surface area contributed by atoms with Crippen LogP contribution in [-0.2, 0) is 15.4 Å². The zero-order valence-corrected chi connectivity index (χ0v) is 16.7. The average Bonchev–Trinajstić information content (AvgIpc) is 2.55. The molecule has 3 rings (SSSR count). The molecule has 2 aromatic carbocycles. The van der Waals surface area contributed by atoms with Gasteiger partial charge in [0.2, 0.25) is 0 Å². The van der Waals surface area contributed by atoms with E-state index in [1.165, 1.54) is 6.07 Å². The summed E-state index contributed by atoms with van der Waals surface area (Å²) >= 11 is 12.1. The van der Waals surface area contributed by atoms with Crippen LogP contribution >= 0.6 is 23.2 Å². The third-order valence-electron chi connectivity index (χ3n) is 3.95. The molecule has 1 N–H and O–H groups in total. The highest BCUT2D eigenvalue weighted by atomic mass is 35.5. The van der Waals surface area contributed by atoms with Gasteiger partial charge in [0.15, 0.2) is 20.7 Å². The van der Waals surface area contributed by atoms with Crippen molar-refractivity contribution >= 4 is 49.9 Å². The van der Waals surface area contributed by atoms with E-state index < -0.39 is 15.4 Å². The molecule has 0 fully saturated rings. The first kappa shape index (κ1) is 18.9. The molecule has 0 aliphatic rings. The van der Waals surface area contributed by atoms with Crippen molar-refractivity contribution in [1.82, 2.24) is 9.97 Å². The van der Waals surface area contributed by atoms with Gasteiger partial charge in [-0.1, -0.05) is 53.5 Å². The van der Waals surface area contributed by atoms with E-state index in [9.17, 15) is 8.42 Å². The summed E-state index contributed by atoms with van der Waals surface area (Å²) in [6.45, 7) is 3.88. The first-order valence-corrected chi connectivity index (χ1v) is 10.4. The Hall–Kier alpha value is -1.89. The fourth-order valence-corrected chi connectivity index (χ4v) is 3.63. The standard InChI is InChI=1S/C18H17Cl2N3O2S/c1-18(2,11-7-5-4-6-8-11)23-16-17(26(3,24)25)22-15-10-13(20)12(19)9-14(15)21-16/h4-10H,1-3H3,(H,21,23). The van der Waals surface area contributed by atoms with Gasteiger partial charge in [-0.2, -0.15) is 0 Å². The predicted molar refractivity (Wildman–Crippen MR) is 106 cm³/mol. The van der Waals surface area contributed by atoms with Crippen molar-refractivity contribution in [2.75, 3.05) is 11.6 Å². The summed E-state index contributed by atoms with van der Waals surface area (Å²) in [6.07, 6.45) is 1.10. The molecule has 0 amide bonds. The number of halogens is 2. The quantitative estimate of drug-likeness (QED) is 0.676. The summed E-state index contributed by atoms with van der Waals surface area (Å²) in [7, 11) is -3.61. The lowest BCUT2D eigenvalue weighted by molar-refractivity contribution is 0.589. The van der Waals surface area contributed by atoms with Crippen LogP contribution < -0.4 is 5.32 Å². The van der Waals surface area contributed by atoms with Gasteiger partial charge < -0.3 is 5.32 Å². The Morgan fingerprint density at radius 1 is 0.962 bits per heavy atom. The van der Waals surface area contributed by atoms with Gasteiger partial charge in [-0.3, -0.25) is 0 Å². The molecule has 0 spiro atoms. The first-order valence-electron chi connectivity index (χ1n) is 7.78. The van der Waals surface area contributed by atoms with Gasteiger partial charge in [0, 0.05) is 6.26 Å². The second-order valence-corrected chi connectivity index (χ2v) is 9.27. The van der Waals surface area contributed by atoms with Crippen molar-refractivity contribution in [2.45, 2.75) is 24.4 Å². The Bertz CT molecular complexity index is 1080. The minimum atomic E-state index is -3.61. The number of sulfone groups is 1. The van der Waals surface area contributed by atoms with Crippen LogP contribution in [0.3, 0.4) is 0 Å². The lowest BCUT2D eigenvalue weighted by Gasteiger charge is -2.28. The summed E-state index contributed by atoms with van der Waals surface area (Å²) < 4.78 is 24.5. The summed E-state index contributed by atoms with van der Waals surface area (Å²) in [5.41, 5.74) is 1.23. The van der Waals surface area contributed by atoms with Gasteiger partial charge in [-0.05, 0) is 31.5 Å². The third-order valence-corrected chi connectivity index (χ3v) is 5.66. The van der Waals surface area contributed by atoms with Crippen LogP contribution in [0.25, 0.3) is 11.0 Å². The van der Waals surface area contributed by atoms with Gasteiger partial charge in [0.1, 0.15) is 0 Å². The average molecular weight is 410 g/mol. The van der Waals surface area contributed by atoms with E-state index >= 15 is 0 Å². The molecular weight excluding hydrogens is 393 g/mol. The maximum absolute atomic E-state index is 12.3. The second kappa shape index (κ2) is 6.68. The zero-order valence-electron chi connectivity index (χ0n) is 14.4. The Kier molecular flexibility index (Phi) is 4.86. The fraction of sp³-hybridized carbons (Fsp3) is 0.222. The molecule has 0 bridgehead atoms. The summed E-state index contributed by atoms with van der Waals surface area (Å²) in [5.74, 6) is 0.173. The van der Waals surface area contributed by atoms with E-state index in [1.807, 2.05) is 44.2 Å². The number of hydrogen-bond acceptors (Lipinski definition) is 5. The number of fused-ring (bicyclic) bond motifs is 1. The predicted octanol–water partition coefficient (Wildman–Crippen LogP) is 4.69. The Labute approximate surface area is 162 Å². The van der Waals surface area contributed by atoms with Crippen LogP contribution in [0.1, 0.15) is 19.4 Å². The maximum Gasteiger partial charge on any atom is 0.198 e.